The molecule has 4 rings (SSSR count). The largest absolute Gasteiger partial charge is 0.379 e. The topological polar surface area (TPSA) is 61.5 Å². The first-order valence-corrected chi connectivity index (χ1v) is 9.44. The number of hydrogen-bond acceptors (Lipinski definition) is 4. The number of carbonyl (C=O) groups excluding carboxylic acids is 1. The molecule has 27 heavy (non-hydrogen) atoms. The van der Waals surface area contributed by atoms with E-state index in [0.29, 0.717) is 25.5 Å². The first kappa shape index (κ1) is 18.0. The lowest BCUT2D eigenvalue weighted by Gasteiger charge is -2.43. The number of amides is 1. The van der Waals surface area contributed by atoms with E-state index in [4.69, 9.17) is 4.74 Å². The number of hydrogen-bond donors (Lipinski definition) is 1. The Labute approximate surface area is 158 Å². The number of carbonyl (C=O) groups is 1. The van der Waals surface area contributed by atoms with E-state index in [1.54, 1.807) is 18.2 Å². The van der Waals surface area contributed by atoms with Gasteiger partial charge in [-0.25, -0.2) is 4.39 Å². The molecule has 7 heteroatoms. The third-order valence-corrected chi connectivity index (χ3v) is 5.49. The van der Waals surface area contributed by atoms with Crippen molar-refractivity contribution in [1.29, 1.82) is 0 Å². The van der Waals surface area contributed by atoms with Crippen LogP contribution < -0.4 is 4.90 Å². The number of piperidine rings is 1. The molecule has 0 unspecified atom stereocenters. The monoisotopic (exact) mass is 372 g/mol. The van der Waals surface area contributed by atoms with Crippen LogP contribution in [0.4, 0.5) is 10.1 Å². The molecular formula is C20H25FN4O2. The number of aromatic amines is 1. The first-order chi connectivity index (χ1) is 13.0. The van der Waals surface area contributed by atoms with E-state index in [0.717, 1.165) is 43.9 Å². The fourth-order valence-corrected chi connectivity index (χ4v) is 4.20. The zero-order chi connectivity index (χ0) is 18.9. The van der Waals surface area contributed by atoms with Crippen molar-refractivity contribution in [1.82, 2.24) is 15.1 Å². The summed E-state index contributed by atoms with van der Waals surface area (Å²) in [4.78, 5) is 16.9. The number of anilines is 1. The standard InChI is InChI=1S/C20H25FN4O2/c1-15-10-18(23-22-15)19(26)25-7-3-6-20(13-25)12-24(8-9-27-14-20)17-5-2-4-16(21)11-17/h2,4-5,10-11H,3,6-9,12-14H2,1H3,(H,22,23)/t20-/m1/s1. The number of rotatable bonds is 2. The van der Waals surface area contributed by atoms with Crippen LogP contribution >= 0.6 is 0 Å². The molecule has 6 nitrogen and oxygen atoms in total. The maximum atomic E-state index is 13.7. The fraction of sp³-hybridized carbons (Fsp3) is 0.500. The molecule has 0 aliphatic carbocycles. The summed E-state index contributed by atoms with van der Waals surface area (Å²) in [7, 11) is 0. The van der Waals surface area contributed by atoms with Crippen molar-refractivity contribution in [2.24, 2.45) is 5.41 Å². The molecule has 1 amide bonds. The quantitative estimate of drug-likeness (QED) is 0.880. The average molecular weight is 372 g/mol. The predicted octanol–water partition coefficient (Wildman–Crippen LogP) is 2.62. The molecule has 2 fully saturated rings. The molecule has 0 bridgehead atoms. The molecule has 2 aliphatic heterocycles. The van der Waals surface area contributed by atoms with Crippen LogP contribution in [-0.4, -0.2) is 60.4 Å². The van der Waals surface area contributed by atoms with Crippen molar-refractivity contribution in [3.63, 3.8) is 0 Å². The van der Waals surface area contributed by atoms with E-state index in [2.05, 4.69) is 15.1 Å². The molecule has 1 atom stereocenters. The first-order valence-electron chi connectivity index (χ1n) is 9.44. The van der Waals surface area contributed by atoms with Crippen LogP contribution in [0.15, 0.2) is 30.3 Å². The Morgan fingerprint density at radius 1 is 1.30 bits per heavy atom. The number of nitrogens with one attached hydrogen (secondary N) is 1. The van der Waals surface area contributed by atoms with Crippen LogP contribution in [0.2, 0.25) is 0 Å². The summed E-state index contributed by atoms with van der Waals surface area (Å²) in [5.41, 5.74) is 2.05. The Bertz CT molecular complexity index is 824. The van der Waals surface area contributed by atoms with Gasteiger partial charge in [0.05, 0.1) is 13.2 Å². The molecular weight excluding hydrogens is 347 g/mol. The predicted molar refractivity (Wildman–Crippen MR) is 100 cm³/mol. The van der Waals surface area contributed by atoms with Crippen molar-refractivity contribution in [3.8, 4) is 0 Å². The zero-order valence-electron chi connectivity index (χ0n) is 15.6. The summed E-state index contributed by atoms with van der Waals surface area (Å²) < 4.78 is 19.6. The van der Waals surface area contributed by atoms with Gasteiger partial charge in [-0.15, -0.1) is 0 Å². The second-order valence-electron chi connectivity index (χ2n) is 7.72. The molecule has 3 heterocycles. The minimum atomic E-state index is -0.235. The van der Waals surface area contributed by atoms with Gasteiger partial charge in [-0.05, 0) is 44.0 Å². The Hall–Kier alpha value is -2.41. The number of H-pyrrole nitrogens is 1. The number of halogens is 1. The molecule has 144 valence electrons. The van der Waals surface area contributed by atoms with E-state index in [-0.39, 0.29) is 17.1 Å². The second-order valence-corrected chi connectivity index (χ2v) is 7.72. The van der Waals surface area contributed by atoms with Gasteiger partial charge >= 0.3 is 0 Å². The third-order valence-electron chi connectivity index (χ3n) is 5.49. The highest BCUT2D eigenvalue weighted by atomic mass is 19.1. The van der Waals surface area contributed by atoms with Crippen LogP contribution in [-0.2, 0) is 4.74 Å². The Morgan fingerprint density at radius 3 is 2.96 bits per heavy atom. The minimum absolute atomic E-state index is 0.0417. The van der Waals surface area contributed by atoms with Crippen molar-refractivity contribution < 1.29 is 13.9 Å². The summed E-state index contributed by atoms with van der Waals surface area (Å²) in [5, 5.41) is 6.95. The van der Waals surface area contributed by atoms with Gasteiger partial charge in [0.1, 0.15) is 11.5 Å². The van der Waals surface area contributed by atoms with Crippen LogP contribution in [0, 0.1) is 18.2 Å². The van der Waals surface area contributed by atoms with E-state index in [9.17, 15) is 9.18 Å². The van der Waals surface area contributed by atoms with Gasteiger partial charge in [-0.3, -0.25) is 9.89 Å². The third kappa shape index (κ3) is 3.83. The Balaban J connectivity index is 1.54. The summed E-state index contributed by atoms with van der Waals surface area (Å²) in [6.45, 7) is 5.93. The highest BCUT2D eigenvalue weighted by Crippen LogP contribution is 2.35. The number of ether oxygens (including phenoxy) is 1. The average Bonchev–Trinajstić information content (AvgIpc) is 3.00. The van der Waals surface area contributed by atoms with Gasteiger partial charge in [0.15, 0.2) is 0 Å². The molecule has 1 spiro atoms. The Morgan fingerprint density at radius 2 is 2.19 bits per heavy atom. The number of benzene rings is 1. The van der Waals surface area contributed by atoms with Gasteiger partial charge in [-0.1, -0.05) is 6.07 Å². The van der Waals surface area contributed by atoms with Crippen molar-refractivity contribution in [3.05, 3.63) is 47.5 Å². The summed E-state index contributed by atoms with van der Waals surface area (Å²) >= 11 is 0. The van der Waals surface area contributed by atoms with Crippen LogP contribution in [0.25, 0.3) is 0 Å². The van der Waals surface area contributed by atoms with Crippen LogP contribution in [0.1, 0.15) is 29.0 Å². The number of aryl methyl sites for hydroxylation is 1. The highest BCUT2D eigenvalue weighted by molar-refractivity contribution is 5.92. The molecule has 1 aromatic carbocycles. The van der Waals surface area contributed by atoms with Gasteiger partial charge in [0.25, 0.3) is 5.91 Å². The highest BCUT2D eigenvalue weighted by Gasteiger charge is 2.40. The lowest BCUT2D eigenvalue weighted by molar-refractivity contribution is 0.0133. The summed E-state index contributed by atoms with van der Waals surface area (Å²) in [6.07, 6.45) is 1.91. The van der Waals surface area contributed by atoms with Crippen molar-refractivity contribution >= 4 is 11.6 Å². The molecule has 2 aliphatic rings. The van der Waals surface area contributed by atoms with E-state index in [1.807, 2.05) is 17.9 Å². The minimum Gasteiger partial charge on any atom is -0.379 e. The zero-order valence-corrected chi connectivity index (χ0v) is 15.6. The molecule has 2 saturated heterocycles. The molecule has 1 N–H and O–H groups in total. The normalized spacial score (nSPS) is 23.5. The van der Waals surface area contributed by atoms with Crippen molar-refractivity contribution in [2.75, 3.05) is 44.3 Å². The lowest BCUT2D eigenvalue weighted by atomic mass is 9.80. The van der Waals surface area contributed by atoms with Gasteiger partial charge in [0, 0.05) is 43.0 Å². The molecule has 0 radical (unpaired) electrons. The Kier molecular flexibility index (Phi) is 4.86. The lowest BCUT2D eigenvalue weighted by Crippen LogP contribution is -2.52. The van der Waals surface area contributed by atoms with E-state index < -0.39 is 0 Å². The van der Waals surface area contributed by atoms with Gasteiger partial charge in [0.2, 0.25) is 0 Å². The van der Waals surface area contributed by atoms with E-state index >= 15 is 0 Å². The second kappa shape index (κ2) is 7.31. The molecule has 0 saturated carbocycles. The van der Waals surface area contributed by atoms with Gasteiger partial charge < -0.3 is 14.5 Å². The number of aromatic nitrogens is 2. The van der Waals surface area contributed by atoms with Gasteiger partial charge in [-0.2, -0.15) is 5.10 Å². The SMILES string of the molecule is Cc1cc(C(=O)N2CCC[C@]3(COCCN(c4cccc(F)c4)C3)C2)n[nH]1. The summed E-state index contributed by atoms with van der Waals surface area (Å²) in [6, 6.07) is 8.48. The van der Waals surface area contributed by atoms with Crippen LogP contribution in [0.5, 0.6) is 0 Å². The molecule has 1 aromatic heterocycles. The summed E-state index contributed by atoms with van der Waals surface area (Å²) in [5.74, 6) is -0.277. The molecule has 2 aromatic rings. The maximum Gasteiger partial charge on any atom is 0.274 e. The fourth-order valence-electron chi connectivity index (χ4n) is 4.20. The van der Waals surface area contributed by atoms with E-state index in [1.165, 1.54) is 6.07 Å². The smallest absolute Gasteiger partial charge is 0.274 e. The van der Waals surface area contributed by atoms with Crippen molar-refractivity contribution in [2.45, 2.75) is 19.8 Å². The number of nitrogens with zero attached hydrogens (tertiary/aromatic N) is 3. The number of likely N-dealkylation sites (tertiary alicyclic amines) is 1. The maximum absolute atomic E-state index is 13.7. The van der Waals surface area contributed by atoms with Crippen LogP contribution in [0.3, 0.4) is 0 Å².